The third-order valence-electron chi connectivity index (χ3n) is 12.0. The summed E-state index contributed by atoms with van der Waals surface area (Å²) in [7, 11) is 4.47. The molecule has 6 N–H and O–H groups in total. The van der Waals surface area contributed by atoms with Crippen LogP contribution in [0.2, 0.25) is 0 Å². The molecule has 7 amide bonds. The predicted octanol–water partition coefficient (Wildman–Crippen LogP) is 2.77. The number of carbonyl (C=O) groups is 7. The van der Waals surface area contributed by atoms with Crippen molar-refractivity contribution in [2.45, 2.75) is 162 Å². The van der Waals surface area contributed by atoms with Crippen molar-refractivity contribution in [3.8, 4) is 28.3 Å². The molecule has 4 heterocycles. The van der Waals surface area contributed by atoms with E-state index >= 15 is 0 Å². The Morgan fingerprint density at radius 1 is 0.812 bits per heavy atom. The topological polar surface area (TPSA) is 275 Å². The second-order valence-electron chi connectivity index (χ2n) is 19.7. The molecule has 3 aromatic rings. The van der Waals surface area contributed by atoms with E-state index in [9.17, 15) is 33.6 Å². The largest absolute Gasteiger partial charge is 0.495 e. The average molecular weight is 962 g/mol. The molecule has 69 heavy (non-hydrogen) atoms. The quantitative estimate of drug-likeness (QED) is 0.180. The first kappa shape index (κ1) is 53.3. The van der Waals surface area contributed by atoms with Crippen LogP contribution in [0.15, 0.2) is 24.5 Å². The molecule has 22 heteroatoms. The molecule has 0 fully saturated rings. The van der Waals surface area contributed by atoms with Gasteiger partial charge in [-0.3, -0.25) is 33.7 Å². The summed E-state index contributed by atoms with van der Waals surface area (Å²) in [5.41, 5.74) is 1.46. The van der Waals surface area contributed by atoms with E-state index in [1.807, 2.05) is 27.7 Å². The molecular weight excluding hydrogens is 891 g/mol. The third-order valence-corrected chi connectivity index (χ3v) is 12.0. The van der Waals surface area contributed by atoms with Crippen molar-refractivity contribution in [1.82, 2.24) is 66.8 Å². The van der Waals surface area contributed by atoms with Crippen LogP contribution in [0.4, 0.5) is 4.79 Å². The smallest absolute Gasteiger partial charge is 0.410 e. The summed E-state index contributed by atoms with van der Waals surface area (Å²) < 4.78 is 15.1. The fourth-order valence-corrected chi connectivity index (χ4v) is 8.41. The number of likely N-dealkylation sites (N-methyl/N-ethyl adjacent to an activating group) is 2. The number of carbonyl (C=O) groups excluding carboxylic acids is 7. The van der Waals surface area contributed by atoms with Gasteiger partial charge in [0.05, 0.1) is 30.9 Å². The molecule has 0 unspecified atom stereocenters. The Hall–Kier alpha value is -6.61. The molecule has 2 aliphatic heterocycles. The van der Waals surface area contributed by atoms with E-state index in [0.29, 0.717) is 73.5 Å². The van der Waals surface area contributed by atoms with Crippen LogP contribution in [0.3, 0.4) is 0 Å². The summed E-state index contributed by atoms with van der Waals surface area (Å²) in [6.45, 7) is 14.9. The number of rotatable bonds is 9. The number of aryl methyl sites for hydroxylation is 2. The maximum absolute atomic E-state index is 14.9. The summed E-state index contributed by atoms with van der Waals surface area (Å²) in [5.74, 6) is -3.47. The van der Waals surface area contributed by atoms with Crippen molar-refractivity contribution in [1.29, 1.82) is 0 Å². The van der Waals surface area contributed by atoms with Gasteiger partial charge in [0.1, 0.15) is 47.6 Å². The molecule has 2 aliphatic rings. The minimum absolute atomic E-state index is 0.0179. The highest BCUT2D eigenvalue weighted by atomic mass is 16.6. The fraction of sp³-hybridized carbons (Fsp3) is 0.638. The number of methoxy groups -OCH3 is 1. The van der Waals surface area contributed by atoms with Gasteiger partial charge in [-0.2, -0.15) is 0 Å². The van der Waals surface area contributed by atoms with Crippen LogP contribution in [0.1, 0.15) is 118 Å². The van der Waals surface area contributed by atoms with E-state index < -0.39 is 83.4 Å². The number of hydrogen-bond donors (Lipinski definition) is 6. The third kappa shape index (κ3) is 14.0. The molecule has 0 radical (unpaired) electrons. The fourth-order valence-electron chi connectivity index (χ4n) is 8.41. The van der Waals surface area contributed by atoms with Crippen molar-refractivity contribution in [3.05, 3.63) is 30.1 Å². The van der Waals surface area contributed by atoms with Gasteiger partial charge in [0, 0.05) is 38.3 Å². The van der Waals surface area contributed by atoms with Crippen molar-refractivity contribution >= 4 is 41.5 Å². The maximum atomic E-state index is 14.9. The molecule has 0 spiro atoms. The predicted molar refractivity (Wildman–Crippen MR) is 254 cm³/mol. The van der Waals surface area contributed by atoms with E-state index in [-0.39, 0.29) is 36.7 Å². The maximum Gasteiger partial charge on any atom is 0.410 e. The normalized spacial score (nSPS) is 21.4. The van der Waals surface area contributed by atoms with Crippen molar-refractivity contribution < 1.29 is 43.0 Å². The van der Waals surface area contributed by atoms with E-state index in [2.05, 4.69) is 52.5 Å². The second kappa shape index (κ2) is 23.6. The van der Waals surface area contributed by atoms with Gasteiger partial charge in [0.25, 0.3) is 0 Å². The monoisotopic (exact) mass is 962 g/mol. The standard InChI is InChI=1S/C47H71N13O9/c1-26(2)20-34-43(64)52-32(41(62)48-9)16-12-14-18-59-36(24-49-56-59)30-22-29-23-31(39(30)68-11)37-25-50-57-60(37)19-15-13-17-33(42(63)51-28(5)40(61)55-38(29)45(66)54-34)53-44(65)35(21-27(3)4)58(10)46(67)69-47(6,7)8/h22-28,32-35,38H,12-21H2,1-11H3,(H,48,62)(H,51,63)(H,52,64)(H,53,65)(H,54,66)(H,55,61)/t28-,32-,33+,34+,35+,38+/m0/s1. The summed E-state index contributed by atoms with van der Waals surface area (Å²) in [6, 6.07) is -3.54. The molecule has 5 rings (SSSR count). The second-order valence-corrected chi connectivity index (χ2v) is 19.7. The van der Waals surface area contributed by atoms with E-state index in [1.165, 1.54) is 33.0 Å². The Morgan fingerprint density at radius 2 is 1.41 bits per heavy atom. The van der Waals surface area contributed by atoms with Crippen LogP contribution < -0.4 is 36.6 Å². The number of ether oxygens (including phenoxy) is 2. The molecule has 2 aromatic heterocycles. The number of fused-ring (bicyclic) bond motifs is 6. The number of nitrogens with one attached hydrogen (secondary N) is 6. The highest BCUT2D eigenvalue weighted by Crippen LogP contribution is 2.41. The molecule has 1 aromatic carbocycles. The number of hydrogen-bond acceptors (Lipinski definition) is 13. The number of nitrogens with zero attached hydrogens (tertiary/aromatic N) is 7. The van der Waals surface area contributed by atoms with Crippen molar-refractivity contribution in [3.63, 3.8) is 0 Å². The molecule has 3 bridgehead atoms. The molecule has 6 atom stereocenters. The lowest BCUT2D eigenvalue weighted by Gasteiger charge is -2.32. The molecule has 22 nitrogen and oxygen atoms in total. The molecule has 378 valence electrons. The van der Waals surface area contributed by atoms with Gasteiger partial charge in [-0.05, 0) is 109 Å². The Labute approximate surface area is 403 Å². The molecule has 0 aliphatic carbocycles. The Morgan fingerprint density at radius 3 is 1.94 bits per heavy atom. The van der Waals surface area contributed by atoms with Gasteiger partial charge < -0.3 is 41.4 Å². The zero-order valence-corrected chi connectivity index (χ0v) is 41.8. The van der Waals surface area contributed by atoms with Gasteiger partial charge in [0.2, 0.25) is 35.4 Å². The number of benzene rings is 1. The Kier molecular flexibility index (Phi) is 18.2. The first-order valence-corrected chi connectivity index (χ1v) is 23.8. The minimum Gasteiger partial charge on any atom is -0.495 e. The van der Waals surface area contributed by atoms with Crippen molar-refractivity contribution in [2.24, 2.45) is 11.8 Å². The van der Waals surface area contributed by atoms with Crippen molar-refractivity contribution in [2.75, 3.05) is 21.2 Å². The van der Waals surface area contributed by atoms with Gasteiger partial charge in [-0.15, -0.1) is 10.2 Å². The van der Waals surface area contributed by atoms with Gasteiger partial charge in [-0.1, -0.05) is 38.1 Å². The van der Waals surface area contributed by atoms with Gasteiger partial charge in [0.15, 0.2) is 0 Å². The SMILES string of the molecule is CNC(=O)[C@@H]1CCCCn2nncc2-c2cc3cc(c2OC)-c2cnnn2CCCC[C@@H](NC(=O)[C@@H](CC(C)C)N(C)C(=O)OC(C)(C)C)C(=O)N[C@@H](C)C(=O)N[C@H]3C(=O)N[C@H](CC(C)C)C(=O)N1. The van der Waals surface area contributed by atoms with Crippen LogP contribution >= 0.6 is 0 Å². The van der Waals surface area contributed by atoms with Crippen LogP contribution in [0.5, 0.6) is 5.75 Å². The zero-order valence-electron chi connectivity index (χ0n) is 41.8. The number of amides is 7. The minimum atomic E-state index is -1.50. The Balaban J connectivity index is 1.62. The van der Waals surface area contributed by atoms with Crippen LogP contribution in [0, 0.1) is 11.8 Å². The summed E-state index contributed by atoms with van der Waals surface area (Å²) in [6.07, 6.45) is 5.32. The lowest BCUT2D eigenvalue weighted by atomic mass is 9.94. The average Bonchev–Trinajstić information content (AvgIpc) is 3.96. The Bertz CT molecular complexity index is 2320. The lowest BCUT2D eigenvalue weighted by molar-refractivity contribution is -0.135. The zero-order chi connectivity index (χ0) is 50.7. The van der Waals surface area contributed by atoms with E-state index in [4.69, 9.17) is 9.47 Å². The highest BCUT2D eigenvalue weighted by molar-refractivity contribution is 5.98. The molecule has 0 saturated carbocycles. The number of aromatic nitrogens is 6. The molecule has 0 saturated heterocycles. The van der Waals surface area contributed by atoms with Crippen LogP contribution in [-0.4, -0.2) is 133 Å². The van der Waals surface area contributed by atoms with Gasteiger partial charge in [-0.25, -0.2) is 14.2 Å². The first-order chi connectivity index (χ1) is 32.6. The highest BCUT2D eigenvalue weighted by Gasteiger charge is 2.37. The lowest BCUT2D eigenvalue weighted by Crippen LogP contribution is -2.58. The van der Waals surface area contributed by atoms with E-state index in [0.717, 1.165) is 0 Å². The van der Waals surface area contributed by atoms with E-state index in [1.54, 1.807) is 54.7 Å². The first-order valence-electron chi connectivity index (χ1n) is 23.8. The molecular formula is C47H71N13O9. The summed E-state index contributed by atoms with van der Waals surface area (Å²) in [5, 5.41) is 34.0. The summed E-state index contributed by atoms with van der Waals surface area (Å²) in [4.78, 5) is 99.3. The van der Waals surface area contributed by atoms with Crippen LogP contribution in [0.25, 0.3) is 22.5 Å². The van der Waals surface area contributed by atoms with Crippen LogP contribution in [-0.2, 0) is 46.6 Å². The summed E-state index contributed by atoms with van der Waals surface area (Å²) >= 11 is 0. The van der Waals surface area contributed by atoms with Gasteiger partial charge >= 0.3 is 6.09 Å².